The third-order valence-corrected chi connectivity index (χ3v) is 5.25. The molecule has 1 aliphatic rings. The molecule has 3 aromatic rings. The second kappa shape index (κ2) is 8.23. The number of anilines is 2. The van der Waals surface area contributed by atoms with E-state index in [-0.39, 0.29) is 17.4 Å². The van der Waals surface area contributed by atoms with E-state index >= 15 is 0 Å². The average Bonchev–Trinajstić information content (AvgIpc) is 3.28. The Kier molecular flexibility index (Phi) is 5.42. The van der Waals surface area contributed by atoms with Crippen molar-refractivity contribution in [2.24, 2.45) is 0 Å². The minimum absolute atomic E-state index is 0.0701. The van der Waals surface area contributed by atoms with Gasteiger partial charge in [0.2, 0.25) is 11.7 Å². The lowest BCUT2D eigenvalue weighted by atomic mass is 9.96. The van der Waals surface area contributed by atoms with Gasteiger partial charge in [-0.1, -0.05) is 12.1 Å². The Bertz CT molecular complexity index is 1260. The quantitative estimate of drug-likeness (QED) is 0.356. The predicted octanol–water partition coefficient (Wildman–Crippen LogP) is 3.78. The molecule has 1 aliphatic heterocycles. The van der Waals surface area contributed by atoms with Gasteiger partial charge in [-0.2, -0.15) is 0 Å². The Morgan fingerprint density at radius 3 is 2.48 bits per heavy atom. The van der Waals surface area contributed by atoms with Crippen molar-refractivity contribution in [3.05, 3.63) is 76.5 Å². The molecule has 0 saturated carbocycles. The smallest absolute Gasteiger partial charge is 0.374 e. The summed E-state index contributed by atoms with van der Waals surface area (Å²) in [5, 5.41) is 13.5. The number of hydrogen-bond donors (Lipinski definition) is 1. The molecule has 2 heterocycles. The zero-order valence-corrected chi connectivity index (χ0v) is 17.7. The number of nitro groups is 1. The number of hydrogen-bond acceptors (Lipinski definition) is 7. The standard InChI is InChI=1S/C23H19N3O7/c1-23(2)22(29)24-16-5-3-4-6-17(16)25(23)20(27)13-32-21(28)19-12-11-18(33-19)14-7-9-15(10-8-14)26(30)31/h3-12H,13H2,1-2H3,(H,24,29). The van der Waals surface area contributed by atoms with Crippen LogP contribution >= 0.6 is 0 Å². The Hall–Kier alpha value is -4.47. The van der Waals surface area contributed by atoms with Gasteiger partial charge in [-0.25, -0.2) is 4.79 Å². The Morgan fingerprint density at radius 1 is 1.09 bits per heavy atom. The number of amides is 2. The molecular weight excluding hydrogens is 430 g/mol. The molecular formula is C23H19N3O7. The highest BCUT2D eigenvalue weighted by Crippen LogP contribution is 2.36. The summed E-state index contributed by atoms with van der Waals surface area (Å²) in [6.07, 6.45) is 0. The van der Waals surface area contributed by atoms with Crippen LogP contribution in [0.25, 0.3) is 11.3 Å². The molecule has 0 radical (unpaired) electrons. The van der Waals surface area contributed by atoms with Crippen LogP contribution in [0, 0.1) is 10.1 Å². The summed E-state index contributed by atoms with van der Waals surface area (Å²) >= 11 is 0. The van der Waals surface area contributed by atoms with Crippen LogP contribution in [0.5, 0.6) is 0 Å². The van der Waals surface area contributed by atoms with Crippen molar-refractivity contribution >= 4 is 34.8 Å². The topological polar surface area (TPSA) is 132 Å². The number of nitro benzene ring substituents is 1. The number of benzene rings is 2. The summed E-state index contributed by atoms with van der Waals surface area (Å²) in [4.78, 5) is 49.4. The van der Waals surface area contributed by atoms with Gasteiger partial charge in [0.1, 0.15) is 11.3 Å². The number of fused-ring (bicyclic) bond motifs is 1. The van der Waals surface area contributed by atoms with Crippen molar-refractivity contribution in [1.29, 1.82) is 0 Å². The van der Waals surface area contributed by atoms with E-state index in [0.717, 1.165) is 0 Å². The van der Waals surface area contributed by atoms with E-state index in [1.807, 2.05) is 0 Å². The summed E-state index contributed by atoms with van der Waals surface area (Å²) in [7, 11) is 0. The van der Waals surface area contributed by atoms with Crippen LogP contribution in [0.2, 0.25) is 0 Å². The number of esters is 1. The van der Waals surface area contributed by atoms with Gasteiger partial charge < -0.3 is 14.5 Å². The summed E-state index contributed by atoms with van der Waals surface area (Å²) in [5.74, 6) is -1.61. The summed E-state index contributed by atoms with van der Waals surface area (Å²) < 4.78 is 10.6. The van der Waals surface area contributed by atoms with Gasteiger partial charge in [-0.3, -0.25) is 24.6 Å². The van der Waals surface area contributed by atoms with Gasteiger partial charge in [-0.05, 0) is 50.2 Å². The number of carbonyl (C=O) groups is 3. The number of rotatable bonds is 5. The average molecular weight is 449 g/mol. The molecule has 33 heavy (non-hydrogen) atoms. The first-order chi connectivity index (χ1) is 15.7. The zero-order valence-electron chi connectivity index (χ0n) is 17.7. The molecule has 10 nitrogen and oxygen atoms in total. The second-order valence-corrected chi connectivity index (χ2v) is 7.80. The lowest BCUT2D eigenvalue weighted by Crippen LogP contribution is -2.59. The van der Waals surface area contributed by atoms with Crippen LogP contribution in [-0.2, 0) is 14.3 Å². The molecule has 2 aromatic carbocycles. The van der Waals surface area contributed by atoms with Crippen molar-refractivity contribution in [2.45, 2.75) is 19.4 Å². The van der Waals surface area contributed by atoms with E-state index in [1.54, 1.807) is 38.1 Å². The van der Waals surface area contributed by atoms with E-state index in [2.05, 4.69) is 5.32 Å². The fourth-order valence-corrected chi connectivity index (χ4v) is 3.51. The van der Waals surface area contributed by atoms with Gasteiger partial charge in [0.05, 0.1) is 16.3 Å². The van der Waals surface area contributed by atoms with Crippen molar-refractivity contribution in [3.8, 4) is 11.3 Å². The molecule has 0 fully saturated rings. The fourth-order valence-electron chi connectivity index (χ4n) is 3.51. The minimum atomic E-state index is -1.19. The van der Waals surface area contributed by atoms with Crippen LogP contribution in [-0.4, -0.2) is 34.9 Å². The van der Waals surface area contributed by atoms with Gasteiger partial charge in [0.15, 0.2) is 6.61 Å². The van der Waals surface area contributed by atoms with E-state index < -0.39 is 28.9 Å². The van der Waals surface area contributed by atoms with E-state index in [0.29, 0.717) is 22.7 Å². The molecule has 0 aliphatic carbocycles. The van der Waals surface area contributed by atoms with Crippen molar-refractivity contribution in [2.75, 3.05) is 16.8 Å². The number of non-ortho nitro benzene ring substituents is 1. The predicted molar refractivity (Wildman–Crippen MR) is 118 cm³/mol. The maximum Gasteiger partial charge on any atom is 0.374 e. The Labute approximate surface area is 187 Å². The third kappa shape index (κ3) is 4.05. The van der Waals surface area contributed by atoms with Crippen LogP contribution in [0.4, 0.5) is 17.1 Å². The molecule has 0 spiro atoms. The summed E-state index contributed by atoms with van der Waals surface area (Å²) in [5.41, 5.74) is 0.264. The largest absolute Gasteiger partial charge is 0.450 e. The first-order valence-corrected chi connectivity index (χ1v) is 9.94. The monoisotopic (exact) mass is 449 g/mol. The van der Waals surface area contributed by atoms with Gasteiger partial charge in [-0.15, -0.1) is 0 Å². The first-order valence-electron chi connectivity index (χ1n) is 9.94. The van der Waals surface area contributed by atoms with Crippen molar-refractivity contribution in [3.63, 3.8) is 0 Å². The molecule has 0 atom stereocenters. The molecule has 1 aromatic heterocycles. The van der Waals surface area contributed by atoms with Crippen LogP contribution in [0.1, 0.15) is 24.4 Å². The Balaban J connectivity index is 1.46. The van der Waals surface area contributed by atoms with Crippen LogP contribution < -0.4 is 10.2 Å². The SMILES string of the molecule is CC1(C)C(=O)Nc2ccccc2N1C(=O)COC(=O)c1ccc(-c2ccc([N+](=O)[O-])cc2)o1. The van der Waals surface area contributed by atoms with Crippen molar-refractivity contribution in [1.82, 2.24) is 0 Å². The molecule has 168 valence electrons. The maximum atomic E-state index is 13.0. The van der Waals surface area contributed by atoms with E-state index in [9.17, 15) is 24.5 Å². The van der Waals surface area contributed by atoms with Crippen LogP contribution in [0.15, 0.2) is 65.1 Å². The fraction of sp³-hybridized carbons (Fsp3) is 0.174. The number of furan rings is 1. The number of carbonyl (C=O) groups excluding carboxylic acids is 3. The highest BCUT2D eigenvalue weighted by atomic mass is 16.6. The molecule has 4 rings (SSSR count). The minimum Gasteiger partial charge on any atom is -0.450 e. The second-order valence-electron chi connectivity index (χ2n) is 7.80. The Morgan fingerprint density at radius 2 is 1.79 bits per heavy atom. The molecule has 0 saturated heterocycles. The highest BCUT2D eigenvalue weighted by Gasteiger charge is 2.43. The first kappa shape index (κ1) is 21.8. The summed E-state index contributed by atoms with van der Waals surface area (Å²) in [6.45, 7) is 2.60. The number of nitrogens with one attached hydrogen (secondary N) is 1. The van der Waals surface area contributed by atoms with Crippen molar-refractivity contribution < 1.29 is 28.5 Å². The highest BCUT2D eigenvalue weighted by molar-refractivity contribution is 6.14. The molecule has 0 bridgehead atoms. The van der Waals surface area contributed by atoms with Gasteiger partial charge in [0, 0.05) is 17.7 Å². The molecule has 2 amide bonds. The number of para-hydroxylation sites is 2. The van der Waals surface area contributed by atoms with Gasteiger partial charge in [0.25, 0.3) is 11.6 Å². The lowest BCUT2D eigenvalue weighted by molar-refractivity contribution is -0.384. The maximum absolute atomic E-state index is 13.0. The van der Waals surface area contributed by atoms with Gasteiger partial charge >= 0.3 is 5.97 Å². The zero-order chi connectivity index (χ0) is 23.8. The molecule has 1 N–H and O–H groups in total. The summed E-state index contributed by atoms with van der Waals surface area (Å²) in [6, 6.07) is 15.4. The van der Waals surface area contributed by atoms with Crippen LogP contribution in [0.3, 0.4) is 0 Å². The molecule has 0 unspecified atom stereocenters. The van der Waals surface area contributed by atoms with E-state index in [4.69, 9.17) is 9.15 Å². The van der Waals surface area contributed by atoms with E-state index in [1.165, 1.54) is 41.3 Å². The number of nitrogens with zero attached hydrogens (tertiary/aromatic N) is 2. The third-order valence-electron chi connectivity index (χ3n) is 5.25. The number of ether oxygens (including phenoxy) is 1. The normalized spacial score (nSPS) is 14.2. The molecule has 10 heteroatoms. The lowest BCUT2D eigenvalue weighted by Gasteiger charge is -2.41.